The monoisotopic (exact) mass is 472 g/mol. The third-order valence-electron chi connectivity index (χ3n) is 4.90. The molecule has 0 radical (unpaired) electrons. The summed E-state index contributed by atoms with van der Waals surface area (Å²) in [6.45, 7) is 4.42. The van der Waals surface area contributed by atoms with E-state index in [2.05, 4.69) is 15.5 Å². The standard InChI is InChI=1S/C22H24N4O4S2/c1-15-12-26(13-16(2)30-15)32(28,29)20-8-4-6-18(10-20)21-14-31-22(24-21)25-23-11-17-5-3-7-19(27)9-17/h3-11,14-16,27H,12-13H2,1-2H3,(H,24,25)/b23-11+. The Morgan fingerprint density at radius 3 is 2.69 bits per heavy atom. The lowest BCUT2D eigenvalue weighted by molar-refractivity contribution is -0.0440. The Morgan fingerprint density at radius 2 is 1.94 bits per heavy atom. The van der Waals surface area contributed by atoms with Crippen LogP contribution in [0, 0.1) is 0 Å². The molecule has 8 nitrogen and oxygen atoms in total. The molecule has 3 aromatic rings. The van der Waals surface area contributed by atoms with Crippen LogP contribution in [-0.4, -0.2) is 54.3 Å². The second kappa shape index (κ2) is 9.37. The first-order valence-electron chi connectivity index (χ1n) is 10.1. The maximum atomic E-state index is 13.2. The number of aromatic hydroxyl groups is 1. The van der Waals surface area contributed by atoms with Crippen LogP contribution in [0.2, 0.25) is 0 Å². The van der Waals surface area contributed by atoms with E-state index in [9.17, 15) is 13.5 Å². The van der Waals surface area contributed by atoms with Gasteiger partial charge in [0.2, 0.25) is 15.2 Å². The van der Waals surface area contributed by atoms with E-state index in [0.717, 1.165) is 5.56 Å². The molecule has 10 heteroatoms. The van der Waals surface area contributed by atoms with Gasteiger partial charge in [0.1, 0.15) is 5.75 Å². The average Bonchev–Trinajstić information content (AvgIpc) is 3.22. The fourth-order valence-corrected chi connectivity index (χ4v) is 5.82. The number of hydrogen-bond donors (Lipinski definition) is 2. The normalized spacial score (nSPS) is 19.9. The molecule has 2 heterocycles. The van der Waals surface area contributed by atoms with Gasteiger partial charge in [-0.1, -0.05) is 24.3 Å². The predicted molar refractivity (Wildman–Crippen MR) is 126 cm³/mol. The Balaban J connectivity index is 1.50. The third-order valence-corrected chi connectivity index (χ3v) is 7.48. The first-order chi connectivity index (χ1) is 15.3. The summed E-state index contributed by atoms with van der Waals surface area (Å²) in [5.74, 6) is 0.168. The summed E-state index contributed by atoms with van der Waals surface area (Å²) in [5, 5.41) is 16.1. The molecule has 0 bridgehead atoms. The van der Waals surface area contributed by atoms with E-state index >= 15 is 0 Å². The number of morpholine rings is 1. The lowest BCUT2D eigenvalue weighted by atomic mass is 10.2. The van der Waals surface area contributed by atoms with Crippen LogP contribution in [0.4, 0.5) is 5.13 Å². The number of thiazole rings is 1. The number of aromatic nitrogens is 1. The fourth-order valence-electron chi connectivity index (χ4n) is 3.52. The molecule has 1 saturated heterocycles. The van der Waals surface area contributed by atoms with Crippen molar-refractivity contribution in [2.24, 2.45) is 5.10 Å². The summed E-state index contributed by atoms with van der Waals surface area (Å²) in [7, 11) is -3.63. The SMILES string of the molecule is CC1CN(S(=O)(=O)c2cccc(-c3csc(N/N=C/c4cccc(O)c4)n3)c2)CC(C)O1. The van der Waals surface area contributed by atoms with Gasteiger partial charge in [0.15, 0.2) is 0 Å². The van der Waals surface area contributed by atoms with Crippen LogP contribution >= 0.6 is 11.3 Å². The minimum Gasteiger partial charge on any atom is -0.508 e. The molecular formula is C22H24N4O4S2. The number of nitrogens with one attached hydrogen (secondary N) is 1. The van der Waals surface area contributed by atoms with E-state index in [0.29, 0.717) is 29.5 Å². The van der Waals surface area contributed by atoms with Gasteiger partial charge in [-0.05, 0) is 43.7 Å². The Bertz CT molecular complexity index is 1220. The van der Waals surface area contributed by atoms with Crippen molar-refractivity contribution in [1.29, 1.82) is 0 Å². The van der Waals surface area contributed by atoms with Crippen molar-refractivity contribution >= 4 is 32.7 Å². The topological polar surface area (TPSA) is 104 Å². The van der Waals surface area contributed by atoms with Gasteiger partial charge < -0.3 is 9.84 Å². The molecule has 0 amide bonds. The van der Waals surface area contributed by atoms with Gasteiger partial charge >= 0.3 is 0 Å². The number of hydrazone groups is 1. The molecular weight excluding hydrogens is 448 g/mol. The highest BCUT2D eigenvalue weighted by Crippen LogP contribution is 2.28. The van der Waals surface area contributed by atoms with Crippen LogP contribution < -0.4 is 5.43 Å². The van der Waals surface area contributed by atoms with Crippen LogP contribution in [0.3, 0.4) is 0 Å². The molecule has 0 aliphatic carbocycles. The largest absolute Gasteiger partial charge is 0.508 e. The number of phenols is 1. The van der Waals surface area contributed by atoms with E-state index in [1.165, 1.54) is 15.6 Å². The van der Waals surface area contributed by atoms with Gasteiger partial charge in [-0.3, -0.25) is 5.43 Å². The van der Waals surface area contributed by atoms with Crippen molar-refractivity contribution in [2.75, 3.05) is 18.5 Å². The fraction of sp³-hybridized carbons (Fsp3) is 0.273. The van der Waals surface area contributed by atoms with E-state index in [-0.39, 0.29) is 22.9 Å². The smallest absolute Gasteiger partial charge is 0.243 e. The molecule has 1 aliphatic rings. The van der Waals surface area contributed by atoms with Crippen molar-refractivity contribution in [3.63, 3.8) is 0 Å². The Hall–Kier alpha value is -2.79. The number of rotatable bonds is 6. The molecule has 0 spiro atoms. The molecule has 2 atom stereocenters. The first-order valence-corrected chi connectivity index (χ1v) is 12.4. The van der Waals surface area contributed by atoms with Gasteiger partial charge in [-0.25, -0.2) is 13.4 Å². The quantitative estimate of drug-likeness (QED) is 0.418. The summed E-state index contributed by atoms with van der Waals surface area (Å²) in [6, 6.07) is 13.6. The second-order valence-electron chi connectivity index (χ2n) is 7.61. The van der Waals surface area contributed by atoms with Crippen LogP contribution in [0.25, 0.3) is 11.3 Å². The number of phenolic OH excluding ortho intramolecular Hbond substituents is 1. The zero-order chi connectivity index (χ0) is 22.7. The summed E-state index contributed by atoms with van der Waals surface area (Å²) < 4.78 is 33.5. The zero-order valence-electron chi connectivity index (χ0n) is 17.7. The number of benzene rings is 2. The minimum atomic E-state index is -3.63. The Labute approximate surface area is 191 Å². The van der Waals surface area contributed by atoms with Crippen molar-refractivity contribution in [3.8, 4) is 17.0 Å². The molecule has 2 unspecified atom stereocenters. The van der Waals surface area contributed by atoms with Crippen LogP contribution in [0.5, 0.6) is 5.75 Å². The number of anilines is 1. The van der Waals surface area contributed by atoms with E-state index in [1.807, 2.05) is 31.4 Å². The highest BCUT2D eigenvalue weighted by Gasteiger charge is 2.32. The van der Waals surface area contributed by atoms with Crippen molar-refractivity contribution < 1.29 is 18.3 Å². The van der Waals surface area contributed by atoms with Crippen molar-refractivity contribution in [3.05, 3.63) is 59.5 Å². The molecule has 4 rings (SSSR count). The number of nitrogens with zero attached hydrogens (tertiary/aromatic N) is 3. The molecule has 2 aromatic carbocycles. The van der Waals surface area contributed by atoms with Gasteiger partial charge in [0.05, 0.1) is 29.0 Å². The first kappa shape index (κ1) is 22.4. The van der Waals surface area contributed by atoms with Gasteiger partial charge in [-0.15, -0.1) is 11.3 Å². The predicted octanol–water partition coefficient (Wildman–Crippen LogP) is 3.76. The lowest BCUT2D eigenvalue weighted by Gasteiger charge is -2.34. The van der Waals surface area contributed by atoms with Gasteiger partial charge in [0, 0.05) is 24.0 Å². The summed E-state index contributed by atoms with van der Waals surface area (Å²) in [4.78, 5) is 4.74. The van der Waals surface area contributed by atoms with E-state index in [1.54, 1.807) is 42.6 Å². The molecule has 1 aliphatic heterocycles. The zero-order valence-corrected chi connectivity index (χ0v) is 19.3. The van der Waals surface area contributed by atoms with Crippen molar-refractivity contribution in [1.82, 2.24) is 9.29 Å². The summed E-state index contributed by atoms with van der Waals surface area (Å²) in [5.41, 5.74) is 4.98. The average molecular weight is 473 g/mol. The maximum Gasteiger partial charge on any atom is 0.243 e. The van der Waals surface area contributed by atoms with Crippen LogP contribution in [0.1, 0.15) is 19.4 Å². The van der Waals surface area contributed by atoms with Crippen LogP contribution in [0.15, 0.2) is 63.9 Å². The maximum absolute atomic E-state index is 13.2. The molecule has 2 N–H and O–H groups in total. The van der Waals surface area contributed by atoms with Gasteiger partial charge in [0.25, 0.3) is 0 Å². The minimum absolute atomic E-state index is 0.149. The molecule has 1 fully saturated rings. The van der Waals surface area contributed by atoms with E-state index < -0.39 is 10.0 Å². The Morgan fingerprint density at radius 1 is 1.19 bits per heavy atom. The molecule has 32 heavy (non-hydrogen) atoms. The molecule has 0 saturated carbocycles. The van der Waals surface area contributed by atoms with E-state index in [4.69, 9.17) is 4.74 Å². The molecule has 1 aromatic heterocycles. The molecule has 168 valence electrons. The third kappa shape index (κ3) is 5.16. The summed E-state index contributed by atoms with van der Waals surface area (Å²) >= 11 is 1.36. The Kier molecular flexibility index (Phi) is 6.56. The number of hydrogen-bond acceptors (Lipinski definition) is 8. The second-order valence-corrected chi connectivity index (χ2v) is 10.4. The van der Waals surface area contributed by atoms with Crippen molar-refractivity contribution in [2.45, 2.75) is 31.0 Å². The lowest BCUT2D eigenvalue weighted by Crippen LogP contribution is -2.48. The highest BCUT2D eigenvalue weighted by atomic mass is 32.2. The van der Waals surface area contributed by atoms with Crippen LogP contribution in [-0.2, 0) is 14.8 Å². The number of sulfonamides is 1. The highest BCUT2D eigenvalue weighted by molar-refractivity contribution is 7.89. The van der Waals surface area contributed by atoms with Gasteiger partial charge in [-0.2, -0.15) is 9.41 Å². The number of ether oxygens (including phenoxy) is 1. The summed E-state index contributed by atoms with van der Waals surface area (Å²) in [6.07, 6.45) is 1.28.